The van der Waals surface area contributed by atoms with Gasteiger partial charge < -0.3 is 10.6 Å². The van der Waals surface area contributed by atoms with Gasteiger partial charge in [0.15, 0.2) is 0 Å². The van der Waals surface area contributed by atoms with E-state index in [4.69, 9.17) is 0 Å². The van der Waals surface area contributed by atoms with Crippen molar-refractivity contribution in [1.82, 2.24) is 15.1 Å². The fourth-order valence-corrected chi connectivity index (χ4v) is 5.57. The molecule has 0 spiro atoms. The summed E-state index contributed by atoms with van der Waals surface area (Å²) in [5.74, 6) is 4.25. The van der Waals surface area contributed by atoms with Gasteiger partial charge in [0.25, 0.3) is 5.91 Å². The van der Waals surface area contributed by atoms with E-state index in [-0.39, 0.29) is 11.9 Å². The predicted octanol–water partition coefficient (Wildman–Crippen LogP) is 3.19. The summed E-state index contributed by atoms with van der Waals surface area (Å²) in [5.41, 5.74) is 0.676. The Morgan fingerprint density at radius 1 is 1.21 bits per heavy atom. The maximum Gasteiger partial charge on any atom is 0.256 e. The van der Waals surface area contributed by atoms with Gasteiger partial charge >= 0.3 is 0 Å². The quantitative estimate of drug-likeness (QED) is 0.891. The van der Waals surface area contributed by atoms with E-state index >= 15 is 0 Å². The highest BCUT2D eigenvalue weighted by atomic mass is 16.1. The van der Waals surface area contributed by atoms with E-state index in [1.165, 1.54) is 32.1 Å². The second kappa shape index (κ2) is 6.08. The third-order valence-electron chi connectivity index (χ3n) is 6.48. The lowest BCUT2D eigenvalue weighted by molar-refractivity contribution is 0.0913. The molecule has 1 aromatic heterocycles. The number of amides is 1. The third-order valence-corrected chi connectivity index (χ3v) is 6.48. The minimum atomic E-state index is 0.0393. The van der Waals surface area contributed by atoms with Gasteiger partial charge in [-0.05, 0) is 76.0 Å². The van der Waals surface area contributed by atoms with Gasteiger partial charge in [-0.1, -0.05) is 0 Å². The molecule has 3 aliphatic rings. The van der Waals surface area contributed by atoms with Gasteiger partial charge in [-0.15, -0.1) is 0 Å². The first-order valence-corrected chi connectivity index (χ1v) is 9.60. The summed E-state index contributed by atoms with van der Waals surface area (Å²) in [6, 6.07) is 0.626. The number of aryl methyl sites for hydroxylation is 1. The molecule has 0 radical (unpaired) electrons. The van der Waals surface area contributed by atoms with Gasteiger partial charge in [0.2, 0.25) is 0 Å². The smallest absolute Gasteiger partial charge is 0.256 e. The maximum absolute atomic E-state index is 12.9. The molecular weight excluding hydrogens is 300 g/mol. The molecule has 132 valence electrons. The summed E-state index contributed by atoms with van der Waals surface area (Å²) in [4.78, 5) is 12.9. The molecule has 1 aromatic rings. The molecule has 0 aliphatic heterocycles. The Labute approximate surface area is 144 Å². The predicted molar refractivity (Wildman–Crippen MR) is 94.9 cm³/mol. The van der Waals surface area contributed by atoms with Crippen LogP contribution in [0.15, 0.2) is 6.20 Å². The lowest BCUT2D eigenvalue weighted by atomic mass is 9.80. The topological polar surface area (TPSA) is 59.0 Å². The second-order valence-corrected chi connectivity index (χ2v) is 8.59. The highest BCUT2D eigenvalue weighted by Crippen LogP contribution is 2.53. The van der Waals surface area contributed by atoms with Crippen molar-refractivity contribution in [1.29, 1.82) is 0 Å². The van der Waals surface area contributed by atoms with Crippen molar-refractivity contribution < 1.29 is 4.79 Å². The Kier molecular flexibility index (Phi) is 4.05. The first-order chi connectivity index (χ1) is 11.5. The van der Waals surface area contributed by atoms with Crippen LogP contribution in [-0.2, 0) is 7.05 Å². The molecule has 1 heterocycles. The lowest BCUT2D eigenvalue weighted by Gasteiger charge is -2.27. The van der Waals surface area contributed by atoms with Crippen LogP contribution in [0, 0.1) is 23.7 Å². The molecule has 2 N–H and O–H groups in total. The lowest BCUT2D eigenvalue weighted by Crippen LogP contribution is -2.41. The van der Waals surface area contributed by atoms with E-state index < -0.39 is 0 Å². The van der Waals surface area contributed by atoms with E-state index in [0.717, 1.165) is 30.0 Å². The van der Waals surface area contributed by atoms with E-state index in [0.29, 0.717) is 17.5 Å². The van der Waals surface area contributed by atoms with Gasteiger partial charge in [-0.3, -0.25) is 9.48 Å². The molecule has 5 unspecified atom stereocenters. The highest BCUT2D eigenvalue weighted by Gasteiger charge is 2.46. The number of fused-ring (bicyclic) bond motifs is 2. The first kappa shape index (κ1) is 16.0. The van der Waals surface area contributed by atoms with Crippen molar-refractivity contribution in [3.05, 3.63) is 11.8 Å². The van der Waals surface area contributed by atoms with Crippen molar-refractivity contribution in [2.75, 3.05) is 5.32 Å². The van der Waals surface area contributed by atoms with Gasteiger partial charge in [0.1, 0.15) is 11.4 Å². The fourth-order valence-electron chi connectivity index (χ4n) is 5.57. The molecule has 5 atom stereocenters. The van der Waals surface area contributed by atoms with Crippen LogP contribution in [0.2, 0.25) is 0 Å². The first-order valence-electron chi connectivity index (χ1n) is 9.60. The number of aromatic nitrogens is 2. The van der Waals surface area contributed by atoms with Crippen molar-refractivity contribution >= 4 is 11.7 Å². The standard InChI is InChI=1S/C19H30N4O/c1-11(2)21-18-16(10-20-23(18)3)19(24)22-17-5-4-12-6-13-8-14(7-12)15(17)9-13/h10-15,17,21H,4-9H2,1-3H3,(H,22,24). The summed E-state index contributed by atoms with van der Waals surface area (Å²) in [5, 5.41) is 11.0. The van der Waals surface area contributed by atoms with Gasteiger partial charge in [0, 0.05) is 19.1 Å². The van der Waals surface area contributed by atoms with E-state index in [2.05, 4.69) is 29.6 Å². The Hall–Kier alpha value is -1.52. The highest BCUT2D eigenvalue weighted by molar-refractivity contribution is 5.98. The van der Waals surface area contributed by atoms with Gasteiger partial charge in [0.05, 0.1) is 6.20 Å². The zero-order chi connectivity index (χ0) is 16.8. The minimum Gasteiger partial charge on any atom is -0.367 e. The summed E-state index contributed by atoms with van der Waals surface area (Å²) in [7, 11) is 1.88. The van der Waals surface area contributed by atoms with E-state index in [1.807, 2.05) is 7.05 Å². The molecular formula is C19H30N4O. The average Bonchev–Trinajstić information content (AvgIpc) is 2.99. The van der Waals surface area contributed by atoms with Crippen LogP contribution in [0.1, 0.15) is 62.7 Å². The number of anilines is 1. The second-order valence-electron chi connectivity index (χ2n) is 8.59. The summed E-state index contributed by atoms with van der Waals surface area (Å²) in [6.45, 7) is 4.16. The average molecular weight is 330 g/mol. The van der Waals surface area contributed by atoms with Crippen LogP contribution >= 0.6 is 0 Å². The van der Waals surface area contributed by atoms with Crippen molar-refractivity contribution in [3.8, 4) is 0 Å². The van der Waals surface area contributed by atoms with E-state index in [1.54, 1.807) is 10.9 Å². The monoisotopic (exact) mass is 330 g/mol. The summed E-state index contributed by atoms with van der Waals surface area (Å²) in [6.07, 6.45) is 9.71. The Bertz CT molecular complexity index is 623. The Balaban J connectivity index is 1.50. The van der Waals surface area contributed by atoms with Crippen LogP contribution in [0.25, 0.3) is 0 Å². The molecule has 5 heteroatoms. The van der Waals surface area contributed by atoms with Crippen LogP contribution < -0.4 is 10.6 Å². The van der Waals surface area contributed by atoms with Crippen molar-refractivity contribution in [3.63, 3.8) is 0 Å². The molecule has 3 aliphatic carbocycles. The molecule has 3 bridgehead atoms. The van der Waals surface area contributed by atoms with Gasteiger partial charge in [-0.25, -0.2) is 0 Å². The number of carbonyl (C=O) groups is 1. The molecule has 3 fully saturated rings. The van der Waals surface area contributed by atoms with Crippen LogP contribution in [0.4, 0.5) is 5.82 Å². The summed E-state index contributed by atoms with van der Waals surface area (Å²) >= 11 is 0. The zero-order valence-corrected chi connectivity index (χ0v) is 15.1. The molecule has 0 saturated heterocycles. The number of hydrogen-bond donors (Lipinski definition) is 2. The number of rotatable bonds is 4. The van der Waals surface area contributed by atoms with Crippen LogP contribution in [0.3, 0.4) is 0 Å². The zero-order valence-electron chi connectivity index (χ0n) is 15.1. The summed E-state index contributed by atoms with van der Waals surface area (Å²) < 4.78 is 1.76. The number of hydrogen-bond acceptors (Lipinski definition) is 3. The normalized spacial score (nSPS) is 34.4. The maximum atomic E-state index is 12.9. The van der Waals surface area contributed by atoms with E-state index in [9.17, 15) is 4.79 Å². The number of nitrogens with zero attached hydrogens (tertiary/aromatic N) is 2. The number of carbonyl (C=O) groups excluding carboxylic acids is 1. The SMILES string of the molecule is CC(C)Nc1c(C(=O)NC2CCC3CC4CC(C3)C2C4)cnn1C. The third kappa shape index (κ3) is 2.82. The molecule has 24 heavy (non-hydrogen) atoms. The Morgan fingerprint density at radius 3 is 2.79 bits per heavy atom. The number of nitrogens with one attached hydrogen (secondary N) is 2. The Morgan fingerprint density at radius 2 is 2.00 bits per heavy atom. The van der Waals surface area contributed by atoms with Crippen molar-refractivity contribution in [2.24, 2.45) is 30.7 Å². The largest absolute Gasteiger partial charge is 0.367 e. The van der Waals surface area contributed by atoms with Crippen molar-refractivity contribution in [2.45, 2.75) is 64.5 Å². The fraction of sp³-hybridized carbons (Fsp3) is 0.789. The van der Waals surface area contributed by atoms with Gasteiger partial charge in [-0.2, -0.15) is 5.10 Å². The van der Waals surface area contributed by atoms with Crippen LogP contribution in [0.5, 0.6) is 0 Å². The minimum absolute atomic E-state index is 0.0393. The molecule has 4 rings (SSSR count). The molecule has 3 saturated carbocycles. The molecule has 0 aromatic carbocycles. The van der Waals surface area contributed by atoms with Crippen LogP contribution in [-0.4, -0.2) is 27.8 Å². The molecule has 1 amide bonds. The molecule has 5 nitrogen and oxygen atoms in total.